The Bertz CT molecular complexity index is 2830. The van der Waals surface area contributed by atoms with Crippen molar-refractivity contribution in [3.05, 3.63) is 177 Å². The van der Waals surface area contributed by atoms with Gasteiger partial charge in [-0.15, -0.1) is 0 Å². The number of ketones is 2. The number of aromatic nitrogens is 2. The highest BCUT2D eigenvalue weighted by atomic mass is 19.4. The lowest BCUT2D eigenvalue weighted by atomic mass is 9.12. The second-order valence-corrected chi connectivity index (χ2v) is 19.6. The maximum Gasteiger partial charge on any atom is 0.416 e. The Morgan fingerprint density at radius 2 is 0.671 bits per heavy atom. The zero-order valence-electron chi connectivity index (χ0n) is 43.7. The molecule has 5 aromatic carbocycles. The predicted octanol–water partition coefficient (Wildman–Crippen LogP) is 16.6. The number of rotatable bonds is 18. The first-order valence-corrected chi connectivity index (χ1v) is 25.3. The van der Waals surface area contributed by atoms with E-state index < -0.39 is 195 Å². The minimum Gasteiger partial charge on any atom is -0.287 e. The SMILES string of the molecule is CCCCCCCCCCCC(=O)c1cncc[n+]1CC(=O)c1ccccc1.FC(F)(F)c1cc([B-](c2cc(C(F)(F)F)cc(C(F)(F)F)c2)(c2cc(C(F)(F)F)cc(C(F)(F)F)c2)c2cc(C(F)(F)F)cc(C(F)(F)F)c2)cc(C(F)(F)F)c1. The first-order chi connectivity index (χ1) is 39.0. The second kappa shape index (κ2) is 26.3. The van der Waals surface area contributed by atoms with E-state index in [0.29, 0.717) is 17.7 Å². The molecule has 0 N–H and O–H groups in total. The lowest BCUT2D eigenvalue weighted by molar-refractivity contribution is -0.685. The standard InChI is InChI=1S/C32H12BF24.C24H33N2O2/c34-25(35,36)13-1-14(26(37,38)39)6-21(5-13)33(22-7-15(27(40,41)42)2-16(8-22)28(43,44)45,23-9-17(29(46,47)48)3-18(10-23)30(49,50)51)24-11-19(31(52,53)54)4-20(12-24)32(55,56)57;1-2-3-4-5-6-7-8-9-13-16-23(27)22-19-25-17-18-26(22)20-24(28)21-14-11-10-12-15-21/h1-12H;10-12,14-15,17-19H,2-9,13,16,20H2,1H3/q-1;+1. The van der Waals surface area contributed by atoms with E-state index in [1.807, 2.05) is 18.2 Å². The molecule has 0 amide bonds. The zero-order chi connectivity index (χ0) is 63.9. The van der Waals surface area contributed by atoms with Crippen LogP contribution in [0.15, 0.2) is 122 Å². The monoisotopic (exact) mass is 1240 g/mol. The maximum absolute atomic E-state index is 14.2. The van der Waals surface area contributed by atoms with Crippen LogP contribution in [0.2, 0.25) is 0 Å². The van der Waals surface area contributed by atoms with E-state index in [1.54, 1.807) is 35.3 Å². The van der Waals surface area contributed by atoms with Crippen molar-refractivity contribution in [2.45, 2.75) is 127 Å². The van der Waals surface area contributed by atoms with Crippen molar-refractivity contribution in [3.63, 3.8) is 0 Å². The van der Waals surface area contributed by atoms with Crippen molar-refractivity contribution in [3.8, 4) is 0 Å². The normalized spacial score (nSPS) is 13.1. The number of halogens is 24. The molecule has 0 aliphatic rings. The molecule has 0 saturated carbocycles. The molecule has 462 valence electrons. The molecule has 0 fully saturated rings. The zero-order valence-corrected chi connectivity index (χ0v) is 43.7. The summed E-state index contributed by atoms with van der Waals surface area (Å²) >= 11 is 0. The minimum atomic E-state index is -6.13. The van der Waals surface area contributed by atoms with E-state index >= 15 is 0 Å². The molecule has 0 spiro atoms. The van der Waals surface area contributed by atoms with E-state index in [9.17, 15) is 115 Å². The smallest absolute Gasteiger partial charge is 0.287 e. The van der Waals surface area contributed by atoms with Gasteiger partial charge in [-0.3, -0.25) is 14.6 Å². The Balaban J connectivity index is 0.000000393. The average Bonchev–Trinajstić information content (AvgIpc) is 1.05. The molecular formula is C56H45BF24N2O2. The van der Waals surface area contributed by atoms with E-state index in [1.165, 1.54) is 44.9 Å². The number of hydrogen-bond acceptors (Lipinski definition) is 3. The Hall–Kier alpha value is -7.10. The molecule has 4 nitrogen and oxygen atoms in total. The molecule has 6 aromatic rings. The summed E-state index contributed by atoms with van der Waals surface area (Å²) in [5.41, 5.74) is -29.0. The first-order valence-electron chi connectivity index (χ1n) is 25.3. The Morgan fingerprint density at radius 1 is 0.388 bits per heavy atom. The van der Waals surface area contributed by atoms with Crippen molar-refractivity contribution >= 4 is 39.6 Å². The summed E-state index contributed by atoms with van der Waals surface area (Å²) in [5.74, 6) is 0.0610. The number of alkyl halides is 24. The van der Waals surface area contributed by atoms with E-state index in [2.05, 4.69) is 11.9 Å². The quantitative estimate of drug-likeness (QED) is 0.0283. The first kappa shape index (κ1) is 68.7. The van der Waals surface area contributed by atoms with E-state index in [-0.39, 0.29) is 18.1 Å². The van der Waals surface area contributed by atoms with Crippen molar-refractivity contribution in [2.24, 2.45) is 0 Å². The van der Waals surface area contributed by atoms with Gasteiger partial charge in [0.05, 0.1) is 50.7 Å². The molecule has 0 radical (unpaired) electrons. The molecule has 0 aliphatic carbocycles. The highest BCUT2D eigenvalue weighted by Gasteiger charge is 2.47. The van der Waals surface area contributed by atoms with Gasteiger partial charge in [-0.25, -0.2) is 0 Å². The second-order valence-electron chi connectivity index (χ2n) is 19.6. The summed E-state index contributed by atoms with van der Waals surface area (Å²) in [5, 5.41) is 0. The highest BCUT2D eigenvalue weighted by Crippen LogP contribution is 2.41. The highest BCUT2D eigenvalue weighted by molar-refractivity contribution is 7.20. The van der Waals surface area contributed by atoms with Gasteiger partial charge in [0.25, 0.3) is 5.69 Å². The van der Waals surface area contributed by atoms with Gasteiger partial charge in [0.2, 0.25) is 18.1 Å². The van der Waals surface area contributed by atoms with Gasteiger partial charge < -0.3 is 0 Å². The lowest BCUT2D eigenvalue weighted by Gasteiger charge is -2.46. The van der Waals surface area contributed by atoms with Crippen LogP contribution in [0.1, 0.15) is 136 Å². The fourth-order valence-electron chi connectivity index (χ4n) is 9.42. The molecule has 6 rings (SSSR count). The largest absolute Gasteiger partial charge is 0.416 e. The van der Waals surface area contributed by atoms with Crippen molar-refractivity contribution in [1.82, 2.24) is 4.98 Å². The fourth-order valence-corrected chi connectivity index (χ4v) is 9.42. The van der Waals surface area contributed by atoms with Crippen LogP contribution in [0.5, 0.6) is 0 Å². The maximum atomic E-state index is 14.2. The topological polar surface area (TPSA) is 50.9 Å². The minimum absolute atomic E-state index is 0.00563. The molecule has 85 heavy (non-hydrogen) atoms. The molecule has 29 heteroatoms. The lowest BCUT2D eigenvalue weighted by Crippen LogP contribution is -2.75. The Labute approximate surface area is 467 Å². The summed E-state index contributed by atoms with van der Waals surface area (Å²) in [6.45, 7) is 2.39. The molecule has 0 atom stereocenters. The average molecular weight is 1240 g/mol. The summed E-state index contributed by atoms with van der Waals surface area (Å²) in [7, 11) is 0. The predicted molar refractivity (Wildman–Crippen MR) is 261 cm³/mol. The molecule has 0 aliphatic heterocycles. The van der Waals surface area contributed by atoms with Gasteiger partial charge in [-0.05, 0) is 30.7 Å². The van der Waals surface area contributed by atoms with Gasteiger partial charge in [0.15, 0.2) is 6.20 Å². The molecule has 1 aromatic heterocycles. The van der Waals surface area contributed by atoms with Crippen LogP contribution in [-0.2, 0) is 56.0 Å². The van der Waals surface area contributed by atoms with Crippen molar-refractivity contribution < 1.29 is 120 Å². The van der Waals surface area contributed by atoms with Crippen LogP contribution in [0.3, 0.4) is 0 Å². The third kappa shape index (κ3) is 18.0. The third-order valence-electron chi connectivity index (χ3n) is 13.5. The number of benzene rings is 5. The van der Waals surface area contributed by atoms with Crippen LogP contribution < -0.4 is 26.4 Å². The summed E-state index contributed by atoms with van der Waals surface area (Å²) in [4.78, 5) is 29.2. The van der Waals surface area contributed by atoms with Gasteiger partial charge in [-0.2, -0.15) is 132 Å². The number of unbranched alkanes of at least 4 members (excludes halogenated alkanes) is 8. The molecule has 1 heterocycles. The van der Waals surface area contributed by atoms with Crippen LogP contribution >= 0.6 is 0 Å². The molecular weight excluding hydrogens is 1200 g/mol. The molecule has 0 saturated heterocycles. The van der Waals surface area contributed by atoms with E-state index in [4.69, 9.17) is 0 Å². The van der Waals surface area contributed by atoms with Crippen LogP contribution in [0.4, 0.5) is 105 Å². The molecule has 0 unspecified atom stereocenters. The number of nitrogens with zero attached hydrogens (tertiary/aromatic N) is 2. The van der Waals surface area contributed by atoms with Gasteiger partial charge in [0, 0.05) is 12.0 Å². The van der Waals surface area contributed by atoms with E-state index in [0.717, 1.165) is 12.8 Å². The van der Waals surface area contributed by atoms with Crippen LogP contribution in [0, 0.1) is 0 Å². The van der Waals surface area contributed by atoms with Gasteiger partial charge in [-0.1, -0.05) is 137 Å². The number of carbonyl (C=O) groups is 2. The van der Waals surface area contributed by atoms with Crippen molar-refractivity contribution in [1.29, 1.82) is 0 Å². The van der Waals surface area contributed by atoms with Crippen molar-refractivity contribution in [2.75, 3.05) is 0 Å². The van der Waals surface area contributed by atoms with Gasteiger partial charge in [0.1, 0.15) is 12.3 Å². The summed E-state index contributed by atoms with van der Waals surface area (Å²) in [6.07, 6.45) is -38.3. The number of carbonyl (C=O) groups excluding carboxylic acids is 2. The number of Topliss-reactive ketones (excluding diaryl/α,β-unsaturated/α-hetero) is 2. The Morgan fingerprint density at radius 3 is 0.953 bits per heavy atom. The summed E-state index contributed by atoms with van der Waals surface area (Å²) < 4.78 is 343. The Kier molecular flexibility index (Phi) is 21.2. The molecule has 0 bridgehead atoms. The third-order valence-corrected chi connectivity index (χ3v) is 13.5. The van der Waals surface area contributed by atoms with Gasteiger partial charge >= 0.3 is 49.4 Å². The number of hydrogen-bond donors (Lipinski definition) is 0. The van der Waals surface area contributed by atoms with Crippen LogP contribution in [0.25, 0.3) is 0 Å². The van der Waals surface area contributed by atoms with Crippen LogP contribution in [-0.4, -0.2) is 22.7 Å². The fraction of sp³-hybridized carbons (Fsp3) is 0.357. The summed E-state index contributed by atoms with van der Waals surface area (Å²) in [6, 6.07) is 0.369.